The molecule has 120 valence electrons. The Morgan fingerprint density at radius 2 is 1.57 bits per heavy atom. The molecule has 2 rings (SSSR count). The van der Waals surface area contributed by atoms with Gasteiger partial charge in [0.05, 0.1) is 0 Å². The number of amides is 2. The third kappa shape index (κ3) is 4.16. The van der Waals surface area contributed by atoms with Crippen molar-refractivity contribution in [2.45, 2.75) is 33.7 Å². The molecule has 0 saturated carbocycles. The molecule has 0 unspecified atom stereocenters. The average molecular weight is 312 g/mol. The Bertz CT molecular complexity index is 724. The first kappa shape index (κ1) is 16.7. The number of carbonyl (C=O) groups excluding carboxylic acids is 2. The molecular weight excluding hydrogens is 290 g/mol. The summed E-state index contributed by atoms with van der Waals surface area (Å²) in [5, 5.41) is 5.59. The monoisotopic (exact) mass is 312 g/mol. The average Bonchev–Trinajstić information content (AvgIpc) is 2.50. The molecule has 0 aliphatic rings. The SMILES string of the molecule is CC(=O)Nc1ccc(NC(=O)[C@@H](C)[n+]2cccc(C)c2C)cc1. The standard InChI is InChI=1S/C18H21N3O2/c1-12-6-5-11-21(13(12)2)14(3)18(23)20-17-9-7-16(8-10-17)19-15(4)22/h5-11,14H,1-4H3,(H-,19,20,22,23)/p+1/t14-/m1/s1. The fraction of sp³-hybridized carbons (Fsp3) is 0.278. The summed E-state index contributed by atoms with van der Waals surface area (Å²) in [6, 6.07) is 10.7. The highest BCUT2D eigenvalue weighted by Gasteiger charge is 2.24. The predicted molar refractivity (Wildman–Crippen MR) is 90.2 cm³/mol. The minimum atomic E-state index is -0.315. The summed E-state index contributed by atoms with van der Waals surface area (Å²) in [7, 11) is 0. The van der Waals surface area contributed by atoms with Crippen molar-refractivity contribution in [3.63, 3.8) is 0 Å². The molecule has 2 aromatic rings. The summed E-state index contributed by atoms with van der Waals surface area (Å²) >= 11 is 0. The van der Waals surface area contributed by atoms with Crippen molar-refractivity contribution in [1.29, 1.82) is 0 Å². The lowest BCUT2D eigenvalue weighted by Crippen LogP contribution is -2.47. The first-order valence-electron chi connectivity index (χ1n) is 7.54. The summed E-state index contributed by atoms with van der Waals surface area (Å²) < 4.78 is 1.95. The van der Waals surface area contributed by atoms with Gasteiger partial charge in [-0.15, -0.1) is 0 Å². The third-order valence-electron chi connectivity index (χ3n) is 3.82. The van der Waals surface area contributed by atoms with Gasteiger partial charge in [0.25, 0.3) is 5.91 Å². The van der Waals surface area contributed by atoms with Crippen LogP contribution < -0.4 is 15.2 Å². The van der Waals surface area contributed by atoms with Crippen LogP contribution in [0.3, 0.4) is 0 Å². The van der Waals surface area contributed by atoms with Crippen molar-refractivity contribution in [2.24, 2.45) is 0 Å². The minimum absolute atomic E-state index is 0.0871. The number of carbonyl (C=O) groups is 2. The van der Waals surface area contributed by atoms with E-state index in [1.54, 1.807) is 24.3 Å². The van der Waals surface area contributed by atoms with E-state index >= 15 is 0 Å². The van der Waals surface area contributed by atoms with Gasteiger partial charge in [-0.2, -0.15) is 4.57 Å². The molecular formula is C18H22N3O2+. The van der Waals surface area contributed by atoms with Gasteiger partial charge in [-0.05, 0) is 37.3 Å². The topological polar surface area (TPSA) is 62.1 Å². The molecule has 0 fully saturated rings. The lowest BCUT2D eigenvalue weighted by atomic mass is 10.2. The fourth-order valence-electron chi connectivity index (χ4n) is 2.35. The van der Waals surface area contributed by atoms with E-state index in [-0.39, 0.29) is 17.9 Å². The molecule has 23 heavy (non-hydrogen) atoms. The van der Waals surface area contributed by atoms with Gasteiger partial charge in [0, 0.05) is 43.8 Å². The maximum absolute atomic E-state index is 12.4. The van der Waals surface area contributed by atoms with E-state index in [9.17, 15) is 9.59 Å². The second kappa shape index (κ2) is 7.05. The molecule has 0 saturated heterocycles. The third-order valence-corrected chi connectivity index (χ3v) is 3.82. The molecule has 1 aromatic heterocycles. The van der Waals surface area contributed by atoms with Crippen LogP contribution in [-0.2, 0) is 9.59 Å². The molecule has 5 heteroatoms. The largest absolute Gasteiger partial charge is 0.326 e. The molecule has 0 aliphatic carbocycles. The zero-order chi connectivity index (χ0) is 17.0. The zero-order valence-electron chi connectivity index (χ0n) is 13.9. The number of hydrogen-bond donors (Lipinski definition) is 2. The minimum Gasteiger partial charge on any atom is -0.326 e. The van der Waals surface area contributed by atoms with Gasteiger partial charge in [-0.25, -0.2) is 0 Å². The number of aromatic nitrogens is 1. The Morgan fingerprint density at radius 3 is 2.13 bits per heavy atom. The van der Waals surface area contributed by atoms with Crippen molar-refractivity contribution >= 4 is 23.2 Å². The van der Waals surface area contributed by atoms with Crippen molar-refractivity contribution in [3.05, 3.63) is 53.9 Å². The number of nitrogens with one attached hydrogen (secondary N) is 2. The van der Waals surface area contributed by atoms with Gasteiger partial charge < -0.3 is 10.6 Å². The Labute approximate surface area is 136 Å². The fourth-order valence-corrected chi connectivity index (χ4v) is 2.35. The molecule has 0 spiro atoms. The molecule has 2 N–H and O–H groups in total. The molecule has 0 aliphatic heterocycles. The van der Waals surface area contributed by atoms with Crippen molar-refractivity contribution < 1.29 is 14.2 Å². The van der Waals surface area contributed by atoms with E-state index in [1.165, 1.54) is 6.92 Å². The number of nitrogens with zero attached hydrogens (tertiary/aromatic N) is 1. The first-order chi connectivity index (χ1) is 10.9. The van der Waals surface area contributed by atoms with Crippen LogP contribution >= 0.6 is 0 Å². The lowest BCUT2D eigenvalue weighted by Gasteiger charge is -2.12. The Kier molecular flexibility index (Phi) is 5.11. The van der Waals surface area contributed by atoms with Gasteiger partial charge in [0.1, 0.15) is 0 Å². The number of hydrogen-bond acceptors (Lipinski definition) is 2. The summed E-state index contributed by atoms with van der Waals surface area (Å²) in [4.78, 5) is 23.4. The maximum atomic E-state index is 12.4. The predicted octanol–water partition coefficient (Wildman–Crippen LogP) is 2.75. The molecule has 1 aromatic carbocycles. The quantitative estimate of drug-likeness (QED) is 0.853. The van der Waals surface area contributed by atoms with Crippen LogP contribution in [0, 0.1) is 13.8 Å². The lowest BCUT2D eigenvalue weighted by molar-refractivity contribution is -0.711. The van der Waals surface area contributed by atoms with Crippen molar-refractivity contribution in [1.82, 2.24) is 0 Å². The normalized spacial score (nSPS) is 11.7. The second-order valence-electron chi connectivity index (χ2n) is 5.61. The molecule has 1 atom stereocenters. The van der Waals surface area contributed by atoms with Crippen LogP contribution in [0.25, 0.3) is 0 Å². The van der Waals surface area contributed by atoms with Crippen LogP contribution in [0.2, 0.25) is 0 Å². The molecule has 5 nitrogen and oxygen atoms in total. The highest BCUT2D eigenvalue weighted by Crippen LogP contribution is 2.15. The summed E-state index contributed by atoms with van der Waals surface area (Å²) in [5.41, 5.74) is 3.61. The smallest absolute Gasteiger partial charge is 0.293 e. The summed E-state index contributed by atoms with van der Waals surface area (Å²) in [6.45, 7) is 7.35. The zero-order valence-corrected chi connectivity index (χ0v) is 13.9. The van der Waals surface area contributed by atoms with Crippen LogP contribution in [-0.4, -0.2) is 11.8 Å². The number of rotatable bonds is 4. The van der Waals surface area contributed by atoms with E-state index in [4.69, 9.17) is 0 Å². The maximum Gasteiger partial charge on any atom is 0.293 e. The van der Waals surface area contributed by atoms with E-state index in [2.05, 4.69) is 10.6 Å². The number of pyridine rings is 1. The Morgan fingerprint density at radius 1 is 1.00 bits per heavy atom. The van der Waals surface area contributed by atoms with Gasteiger partial charge in [0.15, 0.2) is 11.9 Å². The van der Waals surface area contributed by atoms with E-state index in [0.29, 0.717) is 11.4 Å². The van der Waals surface area contributed by atoms with Gasteiger partial charge in [0.2, 0.25) is 11.9 Å². The Balaban J connectivity index is 2.09. The van der Waals surface area contributed by atoms with Crippen LogP contribution in [0.5, 0.6) is 0 Å². The number of aryl methyl sites for hydroxylation is 1. The highest BCUT2D eigenvalue weighted by molar-refractivity contribution is 5.93. The van der Waals surface area contributed by atoms with Crippen molar-refractivity contribution in [3.8, 4) is 0 Å². The molecule has 1 heterocycles. The number of benzene rings is 1. The number of anilines is 2. The Hall–Kier alpha value is -2.69. The molecule has 0 radical (unpaired) electrons. The second-order valence-corrected chi connectivity index (χ2v) is 5.61. The van der Waals surface area contributed by atoms with E-state index < -0.39 is 0 Å². The van der Waals surface area contributed by atoms with Gasteiger partial charge >= 0.3 is 0 Å². The summed E-state index contributed by atoms with van der Waals surface area (Å²) in [6.07, 6.45) is 1.91. The van der Waals surface area contributed by atoms with Gasteiger partial charge in [-0.3, -0.25) is 9.59 Å². The van der Waals surface area contributed by atoms with Crippen LogP contribution in [0.4, 0.5) is 11.4 Å². The summed E-state index contributed by atoms with van der Waals surface area (Å²) in [5.74, 6) is -0.210. The van der Waals surface area contributed by atoms with Crippen molar-refractivity contribution in [2.75, 3.05) is 10.6 Å². The molecule has 0 bridgehead atoms. The van der Waals surface area contributed by atoms with E-state index in [0.717, 1.165) is 11.3 Å². The highest BCUT2D eigenvalue weighted by atomic mass is 16.2. The molecule has 2 amide bonds. The van der Waals surface area contributed by atoms with Crippen LogP contribution in [0.15, 0.2) is 42.6 Å². The van der Waals surface area contributed by atoms with E-state index in [1.807, 2.05) is 43.7 Å². The van der Waals surface area contributed by atoms with Gasteiger partial charge in [-0.1, -0.05) is 0 Å². The van der Waals surface area contributed by atoms with Crippen LogP contribution in [0.1, 0.15) is 31.1 Å². The first-order valence-corrected chi connectivity index (χ1v) is 7.54.